The van der Waals surface area contributed by atoms with Crippen LogP contribution in [0.5, 0.6) is 5.75 Å². The Kier molecular flexibility index (Phi) is 7.53. The zero-order chi connectivity index (χ0) is 15.7. The molecule has 0 bridgehead atoms. The summed E-state index contributed by atoms with van der Waals surface area (Å²) in [5.41, 5.74) is 0.934. The Morgan fingerprint density at radius 1 is 1.19 bits per heavy atom. The molecule has 1 atom stereocenters. The molecule has 0 aromatic heterocycles. The van der Waals surface area contributed by atoms with Crippen molar-refractivity contribution in [3.63, 3.8) is 0 Å². The fraction of sp³-hybridized carbons (Fsp3) is 0.600. The molecule has 120 valence electrons. The molecule has 0 radical (unpaired) electrons. The first kappa shape index (κ1) is 17.8. The number of ether oxygens (including phenoxy) is 2. The number of rotatable bonds is 9. The molecule has 0 amide bonds. The summed E-state index contributed by atoms with van der Waals surface area (Å²) in [6.07, 6.45) is -2.46. The summed E-state index contributed by atoms with van der Waals surface area (Å²) in [5, 5.41) is 3.39. The average Bonchev–Trinajstić information content (AvgIpc) is 2.44. The fourth-order valence-electron chi connectivity index (χ4n) is 1.96. The van der Waals surface area contributed by atoms with Crippen LogP contribution in [0.2, 0.25) is 0 Å². The number of nitrogens with one attached hydrogen (secondary N) is 1. The van der Waals surface area contributed by atoms with E-state index >= 15 is 0 Å². The van der Waals surface area contributed by atoms with Crippen LogP contribution in [0.15, 0.2) is 24.3 Å². The maximum Gasteiger partial charge on any atom is 0.411 e. The van der Waals surface area contributed by atoms with Gasteiger partial charge in [0.25, 0.3) is 0 Å². The largest absolute Gasteiger partial charge is 0.467 e. The quantitative estimate of drug-likeness (QED) is 0.551. The first-order chi connectivity index (χ1) is 9.98. The minimum Gasteiger partial charge on any atom is -0.467 e. The third kappa shape index (κ3) is 6.82. The van der Waals surface area contributed by atoms with E-state index in [0.717, 1.165) is 24.9 Å². The molecule has 0 fully saturated rings. The van der Waals surface area contributed by atoms with Gasteiger partial charge in [-0.1, -0.05) is 32.0 Å². The number of alkyl halides is 3. The van der Waals surface area contributed by atoms with Crippen molar-refractivity contribution in [2.24, 2.45) is 0 Å². The molecular weight excluding hydrogens is 283 g/mol. The molecule has 1 aromatic rings. The normalized spacial score (nSPS) is 13.2. The number of benzene rings is 1. The molecule has 0 aliphatic carbocycles. The van der Waals surface area contributed by atoms with Crippen LogP contribution in [0.4, 0.5) is 13.2 Å². The van der Waals surface area contributed by atoms with E-state index in [-0.39, 0.29) is 6.04 Å². The second-order valence-electron chi connectivity index (χ2n) is 4.68. The first-order valence-electron chi connectivity index (χ1n) is 7.07. The third-order valence-electron chi connectivity index (χ3n) is 2.91. The molecule has 6 heteroatoms. The van der Waals surface area contributed by atoms with Crippen LogP contribution < -0.4 is 10.1 Å². The average molecular weight is 305 g/mol. The second-order valence-corrected chi connectivity index (χ2v) is 4.68. The highest BCUT2D eigenvalue weighted by Crippen LogP contribution is 2.27. The minimum absolute atomic E-state index is 0.115. The van der Waals surface area contributed by atoms with Crippen LogP contribution >= 0.6 is 0 Å². The van der Waals surface area contributed by atoms with E-state index in [1.165, 1.54) is 0 Å². The lowest BCUT2D eigenvalue weighted by atomic mass is 10.0. The van der Waals surface area contributed by atoms with Gasteiger partial charge in [0.1, 0.15) is 12.4 Å². The Labute approximate surface area is 123 Å². The van der Waals surface area contributed by atoms with E-state index in [9.17, 15) is 13.2 Å². The molecule has 0 aliphatic rings. The van der Waals surface area contributed by atoms with Crippen molar-refractivity contribution in [2.45, 2.75) is 38.9 Å². The van der Waals surface area contributed by atoms with Crippen molar-refractivity contribution in [3.05, 3.63) is 29.8 Å². The van der Waals surface area contributed by atoms with Gasteiger partial charge in [-0.15, -0.1) is 0 Å². The molecule has 1 rings (SSSR count). The van der Waals surface area contributed by atoms with Gasteiger partial charge in [0.15, 0.2) is 6.79 Å². The summed E-state index contributed by atoms with van der Waals surface area (Å²) in [6, 6.07) is 7.44. The van der Waals surface area contributed by atoms with Crippen molar-refractivity contribution < 1.29 is 22.6 Å². The monoisotopic (exact) mass is 305 g/mol. The van der Waals surface area contributed by atoms with E-state index < -0.39 is 19.6 Å². The topological polar surface area (TPSA) is 30.5 Å². The van der Waals surface area contributed by atoms with E-state index in [0.29, 0.717) is 5.75 Å². The molecule has 1 unspecified atom stereocenters. The predicted molar refractivity (Wildman–Crippen MR) is 75.3 cm³/mol. The zero-order valence-corrected chi connectivity index (χ0v) is 12.4. The molecule has 0 saturated heterocycles. The Morgan fingerprint density at radius 3 is 2.52 bits per heavy atom. The number of halogens is 3. The highest BCUT2D eigenvalue weighted by atomic mass is 19.4. The van der Waals surface area contributed by atoms with Crippen molar-refractivity contribution in [3.8, 4) is 5.75 Å². The van der Waals surface area contributed by atoms with Crippen LogP contribution in [0.3, 0.4) is 0 Å². The lowest BCUT2D eigenvalue weighted by Crippen LogP contribution is -2.23. The molecule has 0 heterocycles. The number of hydrogen-bond donors (Lipinski definition) is 1. The van der Waals surface area contributed by atoms with Gasteiger partial charge >= 0.3 is 6.18 Å². The van der Waals surface area contributed by atoms with E-state index in [1.54, 1.807) is 12.1 Å². The summed E-state index contributed by atoms with van der Waals surface area (Å²) in [5.74, 6) is 0.551. The fourth-order valence-corrected chi connectivity index (χ4v) is 1.96. The van der Waals surface area contributed by atoms with E-state index in [2.05, 4.69) is 17.0 Å². The van der Waals surface area contributed by atoms with Gasteiger partial charge in [-0.3, -0.25) is 0 Å². The van der Waals surface area contributed by atoms with Gasteiger partial charge < -0.3 is 14.8 Å². The number of hydrogen-bond acceptors (Lipinski definition) is 3. The molecule has 0 saturated carbocycles. The summed E-state index contributed by atoms with van der Waals surface area (Å²) < 4.78 is 45.8. The lowest BCUT2D eigenvalue weighted by Gasteiger charge is -2.20. The van der Waals surface area contributed by atoms with Gasteiger partial charge in [0.2, 0.25) is 0 Å². The Morgan fingerprint density at radius 2 is 1.90 bits per heavy atom. The Bertz CT molecular complexity index is 410. The Balaban J connectivity index is 2.61. The van der Waals surface area contributed by atoms with Crippen LogP contribution in [0, 0.1) is 0 Å². The highest BCUT2D eigenvalue weighted by Gasteiger charge is 2.27. The lowest BCUT2D eigenvalue weighted by molar-refractivity contribution is -0.186. The summed E-state index contributed by atoms with van der Waals surface area (Å²) in [6.45, 7) is 3.27. The highest BCUT2D eigenvalue weighted by molar-refractivity contribution is 5.35. The SMILES string of the molecule is CCCNC(CC)c1ccccc1OCOCC(F)(F)F. The van der Waals surface area contributed by atoms with Gasteiger partial charge in [0, 0.05) is 11.6 Å². The molecule has 0 aliphatic heterocycles. The van der Waals surface area contributed by atoms with Crippen molar-refractivity contribution in [1.29, 1.82) is 0 Å². The molecule has 21 heavy (non-hydrogen) atoms. The van der Waals surface area contributed by atoms with Crippen molar-refractivity contribution in [1.82, 2.24) is 5.32 Å². The van der Waals surface area contributed by atoms with E-state index in [1.807, 2.05) is 19.1 Å². The van der Waals surface area contributed by atoms with E-state index in [4.69, 9.17) is 4.74 Å². The van der Waals surface area contributed by atoms with Crippen LogP contribution in [0.1, 0.15) is 38.3 Å². The third-order valence-corrected chi connectivity index (χ3v) is 2.91. The van der Waals surface area contributed by atoms with Gasteiger partial charge in [-0.25, -0.2) is 0 Å². The molecule has 0 spiro atoms. The predicted octanol–water partition coefficient (Wildman–Crippen LogP) is 4.05. The van der Waals surface area contributed by atoms with Gasteiger partial charge in [-0.2, -0.15) is 13.2 Å². The Hall–Kier alpha value is -1.27. The van der Waals surface area contributed by atoms with Gasteiger partial charge in [-0.05, 0) is 25.5 Å². The minimum atomic E-state index is -4.34. The summed E-state index contributed by atoms with van der Waals surface area (Å²) in [7, 11) is 0. The second kappa shape index (κ2) is 8.89. The molecule has 1 aromatic carbocycles. The zero-order valence-electron chi connectivity index (χ0n) is 12.4. The van der Waals surface area contributed by atoms with Crippen LogP contribution in [-0.4, -0.2) is 26.1 Å². The smallest absolute Gasteiger partial charge is 0.411 e. The van der Waals surface area contributed by atoms with Crippen LogP contribution in [-0.2, 0) is 4.74 Å². The standard InChI is InChI=1S/C15H22F3NO2/c1-3-9-19-13(4-2)12-7-5-6-8-14(12)21-11-20-10-15(16,17)18/h5-8,13,19H,3-4,9-11H2,1-2H3. The first-order valence-corrected chi connectivity index (χ1v) is 7.07. The number of para-hydroxylation sites is 1. The maximum absolute atomic E-state index is 12.0. The summed E-state index contributed by atoms with van der Waals surface area (Å²) in [4.78, 5) is 0. The molecular formula is C15H22F3NO2. The molecule has 3 nitrogen and oxygen atoms in total. The van der Waals surface area contributed by atoms with Crippen molar-refractivity contribution in [2.75, 3.05) is 19.9 Å². The maximum atomic E-state index is 12.0. The van der Waals surface area contributed by atoms with Gasteiger partial charge in [0.05, 0.1) is 0 Å². The van der Waals surface area contributed by atoms with Crippen LogP contribution in [0.25, 0.3) is 0 Å². The molecule has 1 N–H and O–H groups in total. The summed E-state index contributed by atoms with van der Waals surface area (Å²) >= 11 is 0. The van der Waals surface area contributed by atoms with Crippen molar-refractivity contribution >= 4 is 0 Å².